The lowest BCUT2D eigenvalue weighted by Gasteiger charge is -2.47. The Balaban J connectivity index is 2.09. The highest BCUT2D eigenvalue weighted by Gasteiger charge is 2.60. The first kappa shape index (κ1) is 24.0. The molecular weight excluding hydrogens is 432 g/mol. The molecule has 0 aliphatic carbocycles. The average Bonchev–Trinajstić information content (AvgIpc) is 2.63. The molecule has 1 aromatic carbocycles. The molecule has 0 spiro atoms. The quantitative estimate of drug-likeness (QED) is 0.277. The Morgan fingerprint density at radius 1 is 1.33 bits per heavy atom. The van der Waals surface area contributed by atoms with E-state index in [2.05, 4.69) is 11.9 Å². The highest BCUT2D eigenvalue weighted by Crippen LogP contribution is 2.33. The zero-order chi connectivity index (χ0) is 22.6. The number of carbonyl (C=O) groups excluding carboxylic acids is 3. The molecule has 4 atom stereocenters. The number of hydrogen-bond donors (Lipinski definition) is 1. The lowest BCUT2D eigenvalue weighted by molar-refractivity contribution is -0.170. The Bertz CT molecular complexity index is 811. The van der Waals surface area contributed by atoms with Gasteiger partial charge in [-0.2, -0.15) is 0 Å². The third-order valence-corrected chi connectivity index (χ3v) is 5.50. The number of hydrogen-bond acceptors (Lipinski definition) is 6. The maximum atomic E-state index is 12.7. The molecule has 164 valence electrons. The smallest absolute Gasteiger partial charge is 0.333 e. The molecule has 0 radical (unpaired) electrons. The van der Waals surface area contributed by atoms with Crippen LogP contribution in [-0.2, 0) is 29.5 Å². The minimum atomic E-state index is -2.06. The summed E-state index contributed by atoms with van der Waals surface area (Å²) in [5.74, 6) is -1.43. The van der Waals surface area contributed by atoms with Gasteiger partial charge in [0.2, 0.25) is 5.37 Å². The van der Waals surface area contributed by atoms with Gasteiger partial charge in [0, 0.05) is 0 Å². The van der Waals surface area contributed by atoms with Gasteiger partial charge in [0.1, 0.15) is 11.4 Å². The SMILES string of the molecule is C=C(C)C(C(=O)OC(C)(C)C)N1C(=O)C(NC(=O)COc2ccccc2)C1[S+]([O-])Cl. The maximum Gasteiger partial charge on any atom is 0.333 e. The van der Waals surface area contributed by atoms with E-state index < -0.39 is 51.2 Å². The van der Waals surface area contributed by atoms with E-state index in [1.54, 1.807) is 58.0 Å². The maximum absolute atomic E-state index is 12.7. The van der Waals surface area contributed by atoms with Crippen LogP contribution in [0.1, 0.15) is 27.7 Å². The van der Waals surface area contributed by atoms with Crippen LogP contribution >= 0.6 is 10.7 Å². The molecule has 0 saturated carbocycles. The molecule has 1 aliphatic rings. The number of rotatable bonds is 8. The van der Waals surface area contributed by atoms with Crippen molar-refractivity contribution in [2.75, 3.05) is 6.61 Å². The van der Waals surface area contributed by atoms with Crippen LogP contribution in [0, 0.1) is 0 Å². The van der Waals surface area contributed by atoms with Gasteiger partial charge < -0.3 is 19.3 Å². The van der Waals surface area contributed by atoms with Crippen molar-refractivity contribution >= 4 is 38.9 Å². The van der Waals surface area contributed by atoms with Crippen molar-refractivity contribution in [3.8, 4) is 5.75 Å². The first-order valence-corrected chi connectivity index (χ1v) is 11.2. The third-order valence-electron chi connectivity index (χ3n) is 4.07. The Morgan fingerprint density at radius 3 is 2.43 bits per heavy atom. The molecule has 30 heavy (non-hydrogen) atoms. The third kappa shape index (κ3) is 5.90. The molecule has 1 N–H and O–H groups in total. The van der Waals surface area contributed by atoms with Crippen molar-refractivity contribution < 1.29 is 28.4 Å². The number of esters is 1. The molecule has 0 bridgehead atoms. The van der Waals surface area contributed by atoms with Gasteiger partial charge >= 0.3 is 5.97 Å². The second kappa shape index (κ2) is 9.72. The predicted octanol–water partition coefficient (Wildman–Crippen LogP) is 1.91. The van der Waals surface area contributed by atoms with Crippen molar-refractivity contribution in [2.45, 2.75) is 50.8 Å². The number of ether oxygens (including phenoxy) is 2. The highest BCUT2D eigenvalue weighted by atomic mass is 35.7. The molecule has 2 amide bonds. The van der Waals surface area contributed by atoms with E-state index in [0.29, 0.717) is 11.3 Å². The fourth-order valence-electron chi connectivity index (χ4n) is 2.88. The van der Waals surface area contributed by atoms with Crippen molar-refractivity contribution in [3.05, 3.63) is 42.5 Å². The molecule has 1 aromatic rings. The standard InChI is InChI=1S/C20H25ClN2O6S/c1-12(2)16(19(26)29-20(3,4)5)23-17(25)15(18(23)30(21)27)22-14(24)11-28-13-9-7-6-8-10-13/h6-10,15-16,18H,1,11H2,2-5H3,(H,22,24). The Kier molecular flexibility index (Phi) is 7.79. The largest absolute Gasteiger partial charge is 0.597 e. The molecule has 4 unspecified atom stereocenters. The molecule has 1 fully saturated rings. The van der Waals surface area contributed by atoms with Gasteiger partial charge in [-0.05, 0) is 45.4 Å². The van der Waals surface area contributed by atoms with Gasteiger partial charge in [0.15, 0.2) is 29.4 Å². The van der Waals surface area contributed by atoms with Gasteiger partial charge in [-0.1, -0.05) is 24.8 Å². The minimum absolute atomic E-state index is 0.321. The molecule has 2 rings (SSSR count). The zero-order valence-corrected chi connectivity index (χ0v) is 18.8. The van der Waals surface area contributed by atoms with E-state index in [1.165, 1.54) is 0 Å². The Labute approximate surface area is 183 Å². The minimum Gasteiger partial charge on any atom is -0.597 e. The first-order chi connectivity index (χ1) is 13.9. The van der Waals surface area contributed by atoms with Crippen LogP contribution in [0.15, 0.2) is 42.5 Å². The highest BCUT2D eigenvalue weighted by molar-refractivity contribution is 8.14. The summed E-state index contributed by atoms with van der Waals surface area (Å²) >= 11 is 0. The molecule has 1 heterocycles. The van der Waals surface area contributed by atoms with Crippen LogP contribution < -0.4 is 10.1 Å². The van der Waals surface area contributed by atoms with Gasteiger partial charge in [-0.25, -0.2) is 4.79 Å². The fraction of sp³-hybridized carbons (Fsp3) is 0.450. The number of carbonyl (C=O) groups is 3. The summed E-state index contributed by atoms with van der Waals surface area (Å²) < 4.78 is 22.8. The Morgan fingerprint density at radius 2 is 1.93 bits per heavy atom. The summed E-state index contributed by atoms with van der Waals surface area (Å²) in [6, 6.07) is 6.34. The number of nitrogens with one attached hydrogen (secondary N) is 1. The molecule has 1 saturated heterocycles. The zero-order valence-electron chi connectivity index (χ0n) is 17.2. The summed E-state index contributed by atoms with van der Waals surface area (Å²) in [6.45, 7) is 10.0. The van der Waals surface area contributed by atoms with Crippen molar-refractivity contribution in [2.24, 2.45) is 0 Å². The number of halogens is 1. The first-order valence-electron chi connectivity index (χ1n) is 9.17. The van der Waals surface area contributed by atoms with E-state index in [0.717, 1.165) is 4.90 Å². The van der Waals surface area contributed by atoms with Crippen molar-refractivity contribution in [3.63, 3.8) is 0 Å². The summed E-state index contributed by atoms with van der Waals surface area (Å²) in [7, 11) is 3.73. The number of β-lactam (4-membered cyclic amide) rings is 1. The summed E-state index contributed by atoms with van der Waals surface area (Å²) in [6.07, 6.45) is 0. The second-order valence-electron chi connectivity index (χ2n) is 7.81. The Hall–Kier alpha value is -2.23. The van der Waals surface area contributed by atoms with Crippen molar-refractivity contribution in [1.29, 1.82) is 0 Å². The number of benzene rings is 1. The fourth-order valence-corrected chi connectivity index (χ4v) is 4.25. The van der Waals surface area contributed by atoms with Gasteiger partial charge in [-0.3, -0.25) is 14.5 Å². The molecule has 0 aromatic heterocycles. The van der Waals surface area contributed by atoms with Crippen LogP contribution in [0.3, 0.4) is 0 Å². The monoisotopic (exact) mass is 456 g/mol. The summed E-state index contributed by atoms with van der Waals surface area (Å²) in [4.78, 5) is 38.6. The molecular formula is C20H25ClN2O6S. The molecule has 10 heteroatoms. The average molecular weight is 457 g/mol. The lowest BCUT2D eigenvalue weighted by Crippen LogP contribution is -2.76. The van der Waals surface area contributed by atoms with E-state index in [9.17, 15) is 18.9 Å². The van der Waals surface area contributed by atoms with Crippen LogP contribution in [0.25, 0.3) is 0 Å². The van der Waals surface area contributed by atoms with Crippen molar-refractivity contribution in [1.82, 2.24) is 10.2 Å². The summed E-state index contributed by atoms with van der Waals surface area (Å²) in [5, 5.41) is 1.35. The number of likely N-dealkylation sites (tertiary alicyclic amines) is 1. The van der Waals surface area contributed by atoms with Crippen LogP contribution in [0.4, 0.5) is 0 Å². The van der Waals surface area contributed by atoms with E-state index >= 15 is 0 Å². The van der Waals surface area contributed by atoms with Gasteiger partial charge in [0.25, 0.3) is 11.8 Å². The van der Waals surface area contributed by atoms with Gasteiger partial charge in [0.05, 0.1) is 10.4 Å². The lowest BCUT2D eigenvalue weighted by atomic mass is 9.99. The second-order valence-corrected chi connectivity index (χ2v) is 9.71. The van der Waals surface area contributed by atoms with Crippen LogP contribution in [0.5, 0.6) is 5.75 Å². The van der Waals surface area contributed by atoms with E-state index in [1.807, 2.05) is 0 Å². The van der Waals surface area contributed by atoms with E-state index in [4.69, 9.17) is 20.2 Å². The van der Waals surface area contributed by atoms with Crippen LogP contribution in [-0.4, -0.2) is 56.9 Å². The normalized spacial score (nSPS) is 20.6. The van der Waals surface area contributed by atoms with Crippen LogP contribution in [0.2, 0.25) is 0 Å². The number of amides is 2. The predicted molar refractivity (Wildman–Crippen MR) is 113 cm³/mol. The summed E-state index contributed by atoms with van der Waals surface area (Å²) in [5.41, 5.74) is -0.474. The number of nitrogens with zero attached hydrogens (tertiary/aromatic N) is 1. The topological polar surface area (TPSA) is 108 Å². The molecule has 1 aliphatic heterocycles. The number of para-hydroxylation sites is 1. The van der Waals surface area contributed by atoms with Gasteiger partial charge in [-0.15, -0.1) is 0 Å². The van der Waals surface area contributed by atoms with E-state index in [-0.39, 0.29) is 6.61 Å². The molecule has 8 nitrogen and oxygen atoms in total.